The number of aliphatic hydroxyl groups excluding tert-OH is 1. The SMILES string of the molecule is CCC(C)(CO)NCc1cccc(C)c1. The number of hydrogen-bond acceptors (Lipinski definition) is 2. The van der Waals surface area contributed by atoms with Crippen LogP contribution >= 0.6 is 0 Å². The second-order valence-corrected chi connectivity index (χ2v) is 4.41. The first-order chi connectivity index (χ1) is 7.09. The predicted molar refractivity (Wildman–Crippen MR) is 63.8 cm³/mol. The molecule has 15 heavy (non-hydrogen) atoms. The Morgan fingerprint density at radius 1 is 1.40 bits per heavy atom. The van der Waals surface area contributed by atoms with Crippen LogP contribution in [0.15, 0.2) is 24.3 Å². The monoisotopic (exact) mass is 207 g/mol. The normalized spacial score (nSPS) is 14.9. The van der Waals surface area contributed by atoms with Crippen molar-refractivity contribution in [1.82, 2.24) is 5.32 Å². The van der Waals surface area contributed by atoms with Gasteiger partial charge in [-0.3, -0.25) is 0 Å². The quantitative estimate of drug-likeness (QED) is 0.776. The molecule has 0 aliphatic heterocycles. The maximum absolute atomic E-state index is 9.26. The molecule has 0 saturated heterocycles. The van der Waals surface area contributed by atoms with Gasteiger partial charge in [0.15, 0.2) is 0 Å². The average molecular weight is 207 g/mol. The van der Waals surface area contributed by atoms with E-state index in [4.69, 9.17) is 0 Å². The first-order valence-corrected chi connectivity index (χ1v) is 5.51. The Morgan fingerprint density at radius 2 is 2.13 bits per heavy atom. The lowest BCUT2D eigenvalue weighted by atomic mass is 9.99. The zero-order valence-electron chi connectivity index (χ0n) is 9.88. The highest BCUT2D eigenvalue weighted by molar-refractivity contribution is 5.22. The molecule has 0 aliphatic carbocycles. The molecule has 0 aliphatic rings. The van der Waals surface area contributed by atoms with Crippen LogP contribution in [0.5, 0.6) is 0 Å². The lowest BCUT2D eigenvalue weighted by Crippen LogP contribution is -2.44. The molecule has 0 aromatic heterocycles. The van der Waals surface area contributed by atoms with Gasteiger partial charge in [0, 0.05) is 12.1 Å². The van der Waals surface area contributed by atoms with Gasteiger partial charge in [-0.15, -0.1) is 0 Å². The molecule has 0 amide bonds. The minimum atomic E-state index is -0.163. The molecule has 0 saturated carbocycles. The summed E-state index contributed by atoms with van der Waals surface area (Å²) in [5.41, 5.74) is 2.38. The van der Waals surface area contributed by atoms with Gasteiger partial charge < -0.3 is 10.4 Å². The number of nitrogens with one attached hydrogen (secondary N) is 1. The lowest BCUT2D eigenvalue weighted by molar-refractivity contribution is 0.169. The first kappa shape index (κ1) is 12.2. The van der Waals surface area contributed by atoms with E-state index in [2.05, 4.69) is 43.4 Å². The smallest absolute Gasteiger partial charge is 0.0610 e. The van der Waals surface area contributed by atoms with Crippen LogP contribution in [0.1, 0.15) is 31.4 Å². The molecule has 2 N–H and O–H groups in total. The van der Waals surface area contributed by atoms with Gasteiger partial charge in [0.05, 0.1) is 6.61 Å². The van der Waals surface area contributed by atoms with Crippen molar-refractivity contribution in [1.29, 1.82) is 0 Å². The van der Waals surface area contributed by atoms with E-state index < -0.39 is 0 Å². The summed E-state index contributed by atoms with van der Waals surface area (Å²) >= 11 is 0. The molecule has 0 fully saturated rings. The van der Waals surface area contributed by atoms with E-state index in [1.807, 2.05) is 6.92 Å². The van der Waals surface area contributed by atoms with Gasteiger partial charge in [-0.25, -0.2) is 0 Å². The second kappa shape index (κ2) is 5.29. The van der Waals surface area contributed by atoms with Crippen molar-refractivity contribution in [3.63, 3.8) is 0 Å². The average Bonchev–Trinajstić information content (AvgIpc) is 2.26. The zero-order valence-corrected chi connectivity index (χ0v) is 9.88. The predicted octanol–water partition coefficient (Wildman–Crippen LogP) is 2.25. The fourth-order valence-corrected chi connectivity index (χ4v) is 1.43. The maximum Gasteiger partial charge on any atom is 0.0610 e. The van der Waals surface area contributed by atoms with Gasteiger partial charge >= 0.3 is 0 Å². The van der Waals surface area contributed by atoms with Crippen LogP contribution in [-0.4, -0.2) is 17.3 Å². The van der Waals surface area contributed by atoms with Crippen LogP contribution in [0.4, 0.5) is 0 Å². The zero-order chi connectivity index (χ0) is 11.3. The van der Waals surface area contributed by atoms with Gasteiger partial charge in [-0.2, -0.15) is 0 Å². The molecule has 0 bridgehead atoms. The Morgan fingerprint density at radius 3 is 2.67 bits per heavy atom. The summed E-state index contributed by atoms with van der Waals surface area (Å²) in [7, 11) is 0. The molecule has 1 aromatic carbocycles. The number of aliphatic hydroxyl groups is 1. The minimum absolute atomic E-state index is 0.163. The van der Waals surface area contributed by atoms with Crippen molar-refractivity contribution in [3.05, 3.63) is 35.4 Å². The van der Waals surface area contributed by atoms with E-state index in [1.54, 1.807) is 0 Å². The topological polar surface area (TPSA) is 32.3 Å². The fourth-order valence-electron chi connectivity index (χ4n) is 1.43. The van der Waals surface area contributed by atoms with Crippen LogP contribution in [-0.2, 0) is 6.54 Å². The highest BCUT2D eigenvalue weighted by Crippen LogP contribution is 2.10. The highest BCUT2D eigenvalue weighted by Gasteiger charge is 2.19. The Balaban J connectivity index is 2.56. The third-order valence-corrected chi connectivity index (χ3v) is 2.93. The van der Waals surface area contributed by atoms with Crippen molar-refractivity contribution in [3.8, 4) is 0 Å². The first-order valence-electron chi connectivity index (χ1n) is 5.51. The number of benzene rings is 1. The molecule has 0 radical (unpaired) electrons. The number of aryl methyl sites for hydroxylation is 1. The molecule has 2 nitrogen and oxygen atoms in total. The maximum atomic E-state index is 9.26. The molecule has 1 atom stereocenters. The van der Waals surface area contributed by atoms with E-state index in [-0.39, 0.29) is 12.1 Å². The van der Waals surface area contributed by atoms with E-state index in [0.717, 1.165) is 13.0 Å². The summed E-state index contributed by atoms with van der Waals surface area (Å²) in [5.74, 6) is 0. The Kier molecular flexibility index (Phi) is 4.30. The Hall–Kier alpha value is -0.860. The molecule has 2 heteroatoms. The van der Waals surface area contributed by atoms with Gasteiger partial charge in [-0.1, -0.05) is 36.8 Å². The minimum Gasteiger partial charge on any atom is -0.394 e. The van der Waals surface area contributed by atoms with Gasteiger partial charge in [-0.05, 0) is 25.8 Å². The van der Waals surface area contributed by atoms with Crippen LogP contribution in [0, 0.1) is 6.92 Å². The van der Waals surface area contributed by atoms with Crippen LogP contribution < -0.4 is 5.32 Å². The van der Waals surface area contributed by atoms with Gasteiger partial charge in [0.1, 0.15) is 0 Å². The van der Waals surface area contributed by atoms with Gasteiger partial charge in [0.25, 0.3) is 0 Å². The third kappa shape index (κ3) is 3.65. The summed E-state index contributed by atoms with van der Waals surface area (Å²) in [5, 5.41) is 12.6. The second-order valence-electron chi connectivity index (χ2n) is 4.41. The summed E-state index contributed by atoms with van der Waals surface area (Å²) in [6.07, 6.45) is 0.926. The van der Waals surface area contributed by atoms with E-state index in [1.165, 1.54) is 11.1 Å². The fraction of sp³-hybridized carbons (Fsp3) is 0.538. The lowest BCUT2D eigenvalue weighted by Gasteiger charge is -2.27. The molecule has 0 heterocycles. The summed E-state index contributed by atoms with van der Waals surface area (Å²) < 4.78 is 0. The summed E-state index contributed by atoms with van der Waals surface area (Å²) in [6.45, 7) is 7.21. The van der Waals surface area contributed by atoms with Crippen molar-refractivity contribution < 1.29 is 5.11 Å². The number of rotatable bonds is 5. The molecule has 1 aromatic rings. The van der Waals surface area contributed by atoms with Crippen molar-refractivity contribution in [2.75, 3.05) is 6.61 Å². The largest absolute Gasteiger partial charge is 0.394 e. The van der Waals surface area contributed by atoms with Gasteiger partial charge in [0.2, 0.25) is 0 Å². The van der Waals surface area contributed by atoms with Crippen molar-refractivity contribution in [2.24, 2.45) is 0 Å². The Labute approximate surface area is 92.3 Å². The molecule has 1 rings (SSSR count). The van der Waals surface area contributed by atoms with Crippen molar-refractivity contribution in [2.45, 2.75) is 39.3 Å². The molecule has 1 unspecified atom stereocenters. The van der Waals surface area contributed by atoms with Crippen LogP contribution in [0.2, 0.25) is 0 Å². The Bertz CT molecular complexity index is 305. The van der Waals surface area contributed by atoms with E-state index >= 15 is 0 Å². The van der Waals surface area contributed by atoms with E-state index in [9.17, 15) is 5.11 Å². The molecular weight excluding hydrogens is 186 g/mol. The van der Waals surface area contributed by atoms with Crippen molar-refractivity contribution >= 4 is 0 Å². The summed E-state index contributed by atoms with van der Waals surface area (Å²) in [4.78, 5) is 0. The summed E-state index contributed by atoms with van der Waals surface area (Å²) in [6, 6.07) is 8.43. The van der Waals surface area contributed by atoms with Crippen LogP contribution in [0.3, 0.4) is 0 Å². The molecule has 84 valence electrons. The third-order valence-electron chi connectivity index (χ3n) is 2.93. The molecule has 0 spiro atoms. The van der Waals surface area contributed by atoms with E-state index in [0.29, 0.717) is 0 Å². The van der Waals surface area contributed by atoms with Crippen LogP contribution in [0.25, 0.3) is 0 Å². The highest BCUT2D eigenvalue weighted by atomic mass is 16.3. The molecular formula is C13H21NO. The number of hydrogen-bond donors (Lipinski definition) is 2. The standard InChI is InChI=1S/C13H21NO/c1-4-13(3,10-15)14-9-12-7-5-6-11(2)8-12/h5-8,14-15H,4,9-10H2,1-3H3.